The number of fused-ring (bicyclic) bond motifs is 1. The zero-order valence-electron chi connectivity index (χ0n) is 10.1. The van der Waals surface area contributed by atoms with Crippen molar-refractivity contribution in [3.8, 4) is 5.75 Å². The third-order valence-corrected chi connectivity index (χ3v) is 2.62. The molecule has 0 aliphatic rings. The van der Waals surface area contributed by atoms with Gasteiger partial charge in [0, 0.05) is 22.0 Å². The van der Waals surface area contributed by atoms with E-state index in [0.29, 0.717) is 28.1 Å². The number of hydrogen-bond acceptors (Lipinski definition) is 4. The zero-order valence-corrected chi connectivity index (χ0v) is 10.1. The molecule has 0 spiro atoms. The summed E-state index contributed by atoms with van der Waals surface area (Å²) in [7, 11) is 0. The van der Waals surface area contributed by atoms with Gasteiger partial charge in [0.05, 0.1) is 5.69 Å². The van der Waals surface area contributed by atoms with Crippen molar-refractivity contribution in [2.24, 2.45) is 0 Å². The molecule has 0 saturated heterocycles. The normalized spacial score (nSPS) is 10.3. The second-order valence-electron chi connectivity index (χ2n) is 4.10. The maximum atomic E-state index is 11.6. The van der Waals surface area contributed by atoms with Crippen LogP contribution in [0.15, 0.2) is 42.5 Å². The van der Waals surface area contributed by atoms with Gasteiger partial charge in [-0.05, 0) is 25.1 Å². The SMILES string of the molecule is C=C(C)C(=O)Oc1c(N)ccc2c(N)cccc12. The minimum absolute atomic E-state index is 0.315. The molecule has 0 aliphatic carbocycles. The summed E-state index contributed by atoms with van der Waals surface area (Å²) < 4.78 is 5.26. The van der Waals surface area contributed by atoms with E-state index in [-0.39, 0.29) is 0 Å². The van der Waals surface area contributed by atoms with Gasteiger partial charge in [0.15, 0.2) is 5.75 Å². The minimum Gasteiger partial charge on any atom is -0.420 e. The predicted octanol–water partition coefficient (Wildman–Crippen LogP) is 2.49. The summed E-state index contributed by atoms with van der Waals surface area (Å²) in [5.41, 5.74) is 13.0. The summed E-state index contributed by atoms with van der Waals surface area (Å²) in [6.45, 7) is 5.12. The van der Waals surface area contributed by atoms with Crippen LogP contribution in [0.4, 0.5) is 11.4 Å². The van der Waals surface area contributed by atoms with Gasteiger partial charge in [-0.25, -0.2) is 4.79 Å². The van der Waals surface area contributed by atoms with Gasteiger partial charge in [0.25, 0.3) is 0 Å². The Labute approximate surface area is 105 Å². The molecule has 4 heteroatoms. The first-order chi connectivity index (χ1) is 8.50. The van der Waals surface area contributed by atoms with E-state index in [1.165, 1.54) is 0 Å². The van der Waals surface area contributed by atoms with Crippen LogP contribution in [0.5, 0.6) is 5.75 Å². The lowest BCUT2D eigenvalue weighted by atomic mass is 10.1. The lowest BCUT2D eigenvalue weighted by molar-refractivity contribution is -0.129. The second-order valence-corrected chi connectivity index (χ2v) is 4.10. The third kappa shape index (κ3) is 2.00. The van der Waals surface area contributed by atoms with Crippen LogP contribution in [0.1, 0.15) is 6.92 Å². The molecule has 0 amide bonds. The van der Waals surface area contributed by atoms with Gasteiger partial charge < -0.3 is 16.2 Å². The highest BCUT2D eigenvalue weighted by Gasteiger charge is 2.13. The van der Waals surface area contributed by atoms with Gasteiger partial charge in [-0.3, -0.25) is 0 Å². The van der Waals surface area contributed by atoms with Crippen molar-refractivity contribution in [3.63, 3.8) is 0 Å². The molecule has 0 atom stereocenters. The molecule has 0 heterocycles. The number of rotatable bonds is 2. The smallest absolute Gasteiger partial charge is 0.338 e. The number of anilines is 2. The fourth-order valence-corrected chi connectivity index (χ4v) is 1.67. The lowest BCUT2D eigenvalue weighted by Crippen LogP contribution is -2.10. The molecule has 18 heavy (non-hydrogen) atoms. The van der Waals surface area contributed by atoms with Crippen LogP contribution >= 0.6 is 0 Å². The molecule has 2 aromatic carbocycles. The second kappa shape index (κ2) is 4.41. The van der Waals surface area contributed by atoms with E-state index >= 15 is 0 Å². The van der Waals surface area contributed by atoms with Crippen LogP contribution in [0, 0.1) is 0 Å². The molecule has 2 rings (SSSR count). The van der Waals surface area contributed by atoms with Gasteiger partial charge in [0.1, 0.15) is 0 Å². The molecule has 4 nitrogen and oxygen atoms in total. The largest absolute Gasteiger partial charge is 0.420 e. The number of esters is 1. The number of benzene rings is 2. The van der Waals surface area contributed by atoms with E-state index in [2.05, 4.69) is 6.58 Å². The van der Waals surface area contributed by atoms with Crippen molar-refractivity contribution in [2.45, 2.75) is 6.92 Å². The third-order valence-electron chi connectivity index (χ3n) is 2.62. The highest BCUT2D eigenvalue weighted by atomic mass is 16.5. The molecular formula is C14H14N2O2. The molecular weight excluding hydrogens is 228 g/mol. The Morgan fingerprint density at radius 3 is 2.50 bits per heavy atom. The maximum absolute atomic E-state index is 11.6. The van der Waals surface area contributed by atoms with Crippen LogP contribution in [0.3, 0.4) is 0 Å². The summed E-state index contributed by atoms with van der Waals surface area (Å²) in [6, 6.07) is 8.85. The van der Waals surface area contributed by atoms with Crippen molar-refractivity contribution < 1.29 is 9.53 Å². The molecule has 0 bridgehead atoms. The van der Waals surface area contributed by atoms with Gasteiger partial charge >= 0.3 is 5.97 Å². The summed E-state index contributed by atoms with van der Waals surface area (Å²) in [6.07, 6.45) is 0. The van der Waals surface area contributed by atoms with E-state index in [4.69, 9.17) is 16.2 Å². The van der Waals surface area contributed by atoms with Crippen molar-refractivity contribution in [1.82, 2.24) is 0 Å². The Morgan fingerprint density at radius 1 is 1.11 bits per heavy atom. The van der Waals surface area contributed by atoms with Gasteiger partial charge in [-0.1, -0.05) is 18.7 Å². The van der Waals surface area contributed by atoms with Crippen LogP contribution in [-0.2, 0) is 4.79 Å². The molecule has 0 radical (unpaired) electrons. The first-order valence-corrected chi connectivity index (χ1v) is 5.45. The first kappa shape index (κ1) is 12.0. The number of nitrogen functional groups attached to an aromatic ring is 2. The van der Waals surface area contributed by atoms with Gasteiger partial charge in [0.2, 0.25) is 0 Å². The minimum atomic E-state index is -0.503. The summed E-state index contributed by atoms with van der Waals surface area (Å²) in [5.74, 6) is -0.176. The Bertz CT molecular complexity index is 648. The molecule has 4 N–H and O–H groups in total. The Morgan fingerprint density at radius 2 is 1.83 bits per heavy atom. The number of ether oxygens (including phenoxy) is 1. The molecule has 0 aliphatic heterocycles. The monoisotopic (exact) mass is 242 g/mol. The number of nitrogens with two attached hydrogens (primary N) is 2. The fourth-order valence-electron chi connectivity index (χ4n) is 1.67. The summed E-state index contributed by atoms with van der Waals surface area (Å²) >= 11 is 0. The molecule has 92 valence electrons. The number of carbonyl (C=O) groups excluding carboxylic acids is 1. The average Bonchev–Trinajstić information content (AvgIpc) is 2.32. The number of hydrogen-bond donors (Lipinski definition) is 2. The van der Waals surface area contributed by atoms with E-state index in [0.717, 1.165) is 5.39 Å². The van der Waals surface area contributed by atoms with Crippen LogP contribution in [0.25, 0.3) is 10.8 Å². The molecule has 0 aromatic heterocycles. The average molecular weight is 242 g/mol. The lowest BCUT2D eigenvalue weighted by Gasteiger charge is -2.11. The van der Waals surface area contributed by atoms with Crippen molar-refractivity contribution in [1.29, 1.82) is 0 Å². The number of carbonyl (C=O) groups is 1. The Hall–Kier alpha value is -2.49. The molecule has 0 saturated carbocycles. The molecule has 0 fully saturated rings. The van der Waals surface area contributed by atoms with Crippen LogP contribution in [-0.4, -0.2) is 5.97 Å². The van der Waals surface area contributed by atoms with Crippen LogP contribution in [0.2, 0.25) is 0 Å². The standard InChI is InChI=1S/C14H14N2O2/c1-8(2)14(17)18-13-10-4-3-5-11(15)9(10)6-7-12(13)16/h3-7H,1,15-16H2,2H3. The van der Waals surface area contributed by atoms with Crippen molar-refractivity contribution in [3.05, 3.63) is 42.5 Å². The zero-order chi connectivity index (χ0) is 13.3. The first-order valence-electron chi connectivity index (χ1n) is 5.45. The van der Waals surface area contributed by atoms with Crippen molar-refractivity contribution in [2.75, 3.05) is 11.5 Å². The van der Waals surface area contributed by atoms with E-state index in [9.17, 15) is 4.79 Å². The summed E-state index contributed by atoms with van der Waals surface area (Å²) in [4.78, 5) is 11.6. The van der Waals surface area contributed by atoms with Gasteiger partial charge in [-0.2, -0.15) is 0 Å². The fraction of sp³-hybridized carbons (Fsp3) is 0.0714. The topological polar surface area (TPSA) is 78.3 Å². The maximum Gasteiger partial charge on any atom is 0.338 e. The van der Waals surface area contributed by atoms with E-state index in [1.807, 2.05) is 6.07 Å². The Balaban J connectivity index is 2.62. The van der Waals surface area contributed by atoms with Crippen molar-refractivity contribution >= 4 is 28.1 Å². The molecule has 2 aromatic rings. The molecule has 0 unspecified atom stereocenters. The van der Waals surface area contributed by atoms with Crippen LogP contribution < -0.4 is 16.2 Å². The van der Waals surface area contributed by atoms with E-state index in [1.54, 1.807) is 31.2 Å². The highest BCUT2D eigenvalue weighted by molar-refractivity contribution is 6.02. The van der Waals surface area contributed by atoms with E-state index < -0.39 is 5.97 Å². The summed E-state index contributed by atoms with van der Waals surface area (Å²) in [5, 5.41) is 1.51. The predicted molar refractivity (Wildman–Crippen MR) is 73.2 cm³/mol. The Kier molecular flexibility index (Phi) is 2.93. The van der Waals surface area contributed by atoms with Gasteiger partial charge in [-0.15, -0.1) is 0 Å². The highest BCUT2D eigenvalue weighted by Crippen LogP contribution is 2.34. The quantitative estimate of drug-likeness (QED) is 0.367.